The SMILES string of the molecule is CC[C@@H](C)Oc1ccc(C(=O)Nc2ccc(N)cc2C)cc1. The van der Waals surface area contributed by atoms with Crippen LogP contribution in [0.4, 0.5) is 11.4 Å². The van der Waals surface area contributed by atoms with E-state index in [0.717, 1.165) is 23.4 Å². The van der Waals surface area contributed by atoms with Gasteiger partial charge in [0.05, 0.1) is 6.10 Å². The average Bonchev–Trinajstić information content (AvgIpc) is 2.50. The van der Waals surface area contributed by atoms with Crippen molar-refractivity contribution in [3.63, 3.8) is 0 Å². The molecule has 22 heavy (non-hydrogen) atoms. The van der Waals surface area contributed by atoms with E-state index in [9.17, 15) is 4.79 Å². The second-order valence-corrected chi connectivity index (χ2v) is 5.39. The number of nitrogens with one attached hydrogen (secondary N) is 1. The van der Waals surface area contributed by atoms with E-state index in [1.54, 1.807) is 18.2 Å². The van der Waals surface area contributed by atoms with Crippen LogP contribution < -0.4 is 15.8 Å². The summed E-state index contributed by atoms with van der Waals surface area (Å²) in [5.41, 5.74) is 8.68. The minimum absolute atomic E-state index is 0.150. The van der Waals surface area contributed by atoms with Crippen molar-refractivity contribution in [2.75, 3.05) is 11.1 Å². The topological polar surface area (TPSA) is 64.3 Å². The summed E-state index contributed by atoms with van der Waals surface area (Å²) in [6, 6.07) is 12.6. The predicted octanol–water partition coefficient (Wildman–Crippen LogP) is 4.01. The normalized spacial score (nSPS) is 11.8. The molecule has 1 atom stereocenters. The van der Waals surface area contributed by atoms with Gasteiger partial charge in [-0.1, -0.05) is 6.92 Å². The maximum Gasteiger partial charge on any atom is 0.255 e. The highest BCUT2D eigenvalue weighted by Gasteiger charge is 2.09. The number of nitrogens with two attached hydrogens (primary N) is 1. The lowest BCUT2D eigenvalue weighted by Gasteiger charge is -2.13. The van der Waals surface area contributed by atoms with E-state index < -0.39 is 0 Å². The minimum atomic E-state index is -0.150. The number of nitrogen functional groups attached to an aromatic ring is 1. The van der Waals surface area contributed by atoms with Crippen LogP contribution in [0.2, 0.25) is 0 Å². The van der Waals surface area contributed by atoms with Gasteiger partial charge in [0.1, 0.15) is 5.75 Å². The van der Waals surface area contributed by atoms with E-state index in [2.05, 4.69) is 12.2 Å². The first kappa shape index (κ1) is 15.9. The van der Waals surface area contributed by atoms with Crippen LogP contribution in [0.3, 0.4) is 0 Å². The van der Waals surface area contributed by atoms with Crippen LogP contribution in [0.1, 0.15) is 36.2 Å². The van der Waals surface area contributed by atoms with Crippen molar-refractivity contribution in [3.8, 4) is 5.75 Å². The number of benzene rings is 2. The molecule has 2 aromatic carbocycles. The molecule has 4 heteroatoms. The van der Waals surface area contributed by atoms with Crippen molar-refractivity contribution in [2.45, 2.75) is 33.3 Å². The van der Waals surface area contributed by atoms with Crippen LogP contribution in [-0.2, 0) is 0 Å². The first-order valence-electron chi connectivity index (χ1n) is 7.43. The number of aryl methyl sites for hydroxylation is 1. The Balaban J connectivity index is 2.06. The van der Waals surface area contributed by atoms with Crippen LogP contribution in [0.25, 0.3) is 0 Å². The number of rotatable bonds is 5. The second-order valence-electron chi connectivity index (χ2n) is 5.39. The molecular formula is C18H22N2O2. The lowest BCUT2D eigenvalue weighted by atomic mass is 10.1. The fourth-order valence-electron chi connectivity index (χ4n) is 2.02. The molecule has 0 unspecified atom stereocenters. The zero-order chi connectivity index (χ0) is 16.1. The Kier molecular flexibility index (Phi) is 5.04. The highest BCUT2D eigenvalue weighted by molar-refractivity contribution is 6.04. The largest absolute Gasteiger partial charge is 0.491 e. The van der Waals surface area contributed by atoms with E-state index >= 15 is 0 Å². The molecule has 0 aliphatic heterocycles. The van der Waals surface area contributed by atoms with Crippen LogP contribution in [-0.4, -0.2) is 12.0 Å². The van der Waals surface area contributed by atoms with E-state index in [0.29, 0.717) is 11.3 Å². The minimum Gasteiger partial charge on any atom is -0.491 e. The number of carbonyl (C=O) groups is 1. The molecule has 0 aromatic heterocycles. The summed E-state index contributed by atoms with van der Waals surface area (Å²) in [5.74, 6) is 0.623. The molecule has 0 heterocycles. The summed E-state index contributed by atoms with van der Waals surface area (Å²) in [5, 5.41) is 2.89. The second kappa shape index (κ2) is 6.98. The first-order valence-corrected chi connectivity index (χ1v) is 7.43. The third kappa shape index (κ3) is 4.01. The third-order valence-corrected chi connectivity index (χ3v) is 3.53. The Morgan fingerprint density at radius 2 is 1.91 bits per heavy atom. The van der Waals surface area contributed by atoms with Gasteiger partial charge in [0.2, 0.25) is 0 Å². The molecule has 116 valence electrons. The molecule has 0 saturated heterocycles. The third-order valence-electron chi connectivity index (χ3n) is 3.53. The van der Waals surface area contributed by atoms with Crippen LogP contribution in [0, 0.1) is 6.92 Å². The predicted molar refractivity (Wildman–Crippen MR) is 90.4 cm³/mol. The summed E-state index contributed by atoms with van der Waals surface area (Å²) in [7, 11) is 0. The van der Waals surface area contributed by atoms with E-state index in [-0.39, 0.29) is 12.0 Å². The maximum absolute atomic E-state index is 12.3. The first-order chi connectivity index (χ1) is 10.5. The molecule has 0 aliphatic carbocycles. The highest BCUT2D eigenvalue weighted by atomic mass is 16.5. The maximum atomic E-state index is 12.3. The molecule has 2 aromatic rings. The fraction of sp³-hybridized carbons (Fsp3) is 0.278. The van der Waals surface area contributed by atoms with Gasteiger partial charge in [-0.2, -0.15) is 0 Å². The van der Waals surface area contributed by atoms with Crippen molar-refractivity contribution in [1.82, 2.24) is 0 Å². The zero-order valence-electron chi connectivity index (χ0n) is 13.2. The van der Waals surface area contributed by atoms with Crippen LogP contribution in [0.5, 0.6) is 5.75 Å². The van der Waals surface area contributed by atoms with E-state index in [1.165, 1.54) is 0 Å². The molecule has 0 radical (unpaired) electrons. The number of carbonyl (C=O) groups excluding carboxylic acids is 1. The Morgan fingerprint density at radius 3 is 2.50 bits per heavy atom. The van der Waals surface area contributed by atoms with Crippen LogP contribution >= 0.6 is 0 Å². The molecule has 2 rings (SSSR count). The molecule has 0 saturated carbocycles. The Bertz CT molecular complexity index is 651. The van der Waals surface area contributed by atoms with Crippen molar-refractivity contribution < 1.29 is 9.53 Å². The van der Waals surface area contributed by atoms with Crippen molar-refractivity contribution in [2.24, 2.45) is 0 Å². The van der Waals surface area contributed by atoms with Gasteiger partial charge >= 0.3 is 0 Å². The lowest BCUT2D eigenvalue weighted by Crippen LogP contribution is -2.13. The van der Waals surface area contributed by atoms with E-state index in [4.69, 9.17) is 10.5 Å². The number of hydrogen-bond donors (Lipinski definition) is 2. The van der Waals surface area contributed by atoms with Crippen molar-refractivity contribution in [3.05, 3.63) is 53.6 Å². The highest BCUT2D eigenvalue weighted by Crippen LogP contribution is 2.20. The van der Waals surface area contributed by atoms with E-state index in [1.807, 2.05) is 38.1 Å². The molecule has 0 fully saturated rings. The number of ether oxygens (including phenoxy) is 1. The zero-order valence-corrected chi connectivity index (χ0v) is 13.2. The molecular weight excluding hydrogens is 276 g/mol. The Labute approximate surface area is 131 Å². The summed E-state index contributed by atoms with van der Waals surface area (Å²) in [6.07, 6.45) is 1.11. The van der Waals surface area contributed by atoms with Gasteiger partial charge in [0, 0.05) is 16.9 Å². The number of hydrogen-bond acceptors (Lipinski definition) is 3. The standard InChI is InChI=1S/C18H22N2O2/c1-4-13(3)22-16-8-5-14(6-9-16)18(21)20-17-10-7-15(19)11-12(17)2/h5-11,13H,4,19H2,1-3H3,(H,20,21)/t13-/m1/s1. The molecule has 0 aliphatic rings. The molecule has 4 nitrogen and oxygen atoms in total. The van der Waals surface area contributed by atoms with Gasteiger partial charge < -0.3 is 15.8 Å². The van der Waals surface area contributed by atoms with Gasteiger partial charge in [-0.25, -0.2) is 0 Å². The Morgan fingerprint density at radius 1 is 1.23 bits per heavy atom. The fourth-order valence-corrected chi connectivity index (χ4v) is 2.02. The van der Waals surface area contributed by atoms with Gasteiger partial charge in [0.15, 0.2) is 0 Å². The summed E-state index contributed by atoms with van der Waals surface area (Å²) < 4.78 is 5.70. The average molecular weight is 298 g/mol. The van der Waals surface area contributed by atoms with Gasteiger partial charge in [0.25, 0.3) is 5.91 Å². The number of anilines is 2. The molecule has 0 bridgehead atoms. The lowest BCUT2D eigenvalue weighted by molar-refractivity contribution is 0.102. The number of amides is 1. The Hall–Kier alpha value is -2.49. The van der Waals surface area contributed by atoms with Crippen LogP contribution in [0.15, 0.2) is 42.5 Å². The molecule has 3 N–H and O–H groups in total. The van der Waals surface area contributed by atoms with Crippen molar-refractivity contribution in [1.29, 1.82) is 0 Å². The smallest absolute Gasteiger partial charge is 0.255 e. The summed E-state index contributed by atoms with van der Waals surface area (Å²) in [4.78, 5) is 12.3. The quantitative estimate of drug-likeness (QED) is 0.820. The summed E-state index contributed by atoms with van der Waals surface area (Å²) >= 11 is 0. The molecule has 1 amide bonds. The molecule has 0 spiro atoms. The monoisotopic (exact) mass is 298 g/mol. The van der Waals surface area contributed by atoms with Crippen molar-refractivity contribution >= 4 is 17.3 Å². The van der Waals surface area contributed by atoms with Gasteiger partial charge in [-0.05, 0) is 68.3 Å². The summed E-state index contributed by atoms with van der Waals surface area (Å²) in [6.45, 7) is 6.00. The van der Waals surface area contributed by atoms with Gasteiger partial charge in [-0.15, -0.1) is 0 Å². The van der Waals surface area contributed by atoms with Gasteiger partial charge in [-0.3, -0.25) is 4.79 Å².